The van der Waals surface area contributed by atoms with Crippen LogP contribution >= 0.6 is 0 Å². The Morgan fingerprint density at radius 2 is 1.85 bits per heavy atom. The zero-order valence-corrected chi connectivity index (χ0v) is 18.2. The van der Waals surface area contributed by atoms with E-state index in [-0.39, 0.29) is 22.6 Å². The van der Waals surface area contributed by atoms with Gasteiger partial charge < -0.3 is 35.0 Å². The van der Waals surface area contributed by atoms with Crippen molar-refractivity contribution in [3.63, 3.8) is 0 Å². The number of allylic oxidation sites excluding steroid dienone is 1. The van der Waals surface area contributed by atoms with Crippen molar-refractivity contribution < 1.29 is 39.8 Å². The van der Waals surface area contributed by atoms with Crippen LogP contribution in [0, 0.1) is 0 Å². The first-order valence-electron chi connectivity index (χ1n) is 10.9. The second-order valence-corrected chi connectivity index (χ2v) is 8.44. The number of hydrogen-bond acceptors (Lipinski definition) is 8. The van der Waals surface area contributed by atoms with E-state index in [0.29, 0.717) is 0 Å². The number of aliphatic hydroxyl groups is 4. The molecule has 1 saturated heterocycles. The number of phenolic OH excluding ortho intramolecular Hbond substituents is 1. The third-order valence-electron chi connectivity index (χ3n) is 6.36. The van der Waals surface area contributed by atoms with E-state index in [9.17, 15) is 30.3 Å². The van der Waals surface area contributed by atoms with Gasteiger partial charge in [0.2, 0.25) is 0 Å². The second kappa shape index (κ2) is 9.62. The Labute approximate surface area is 191 Å². The Balaban J connectivity index is 1.64. The SMILES string of the molecule is COc1cc(O)c(C(=O)/C=C/c2ccc3c(c2)CCC3)cc1C1OC(CO)C(O)C(O)C1O. The summed E-state index contributed by atoms with van der Waals surface area (Å²) in [7, 11) is 1.34. The summed E-state index contributed by atoms with van der Waals surface area (Å²) < 4.78 is 10.9. The van der Waals surface area contributed by atoms with Gasteiger partial charge in [-0.25, -0.2) is 0 Å². The van der Waals surface area contributed by atoms with Crippen LogP contribution in [0.25, 0.3) is 6.08 Å². The molecular formula is C25H28O8. The van der Waals surface area contributed by atoms with Crippen LogP contribution in [0.3, 0.4) is 0 Å². The van der Waals surface area contributed by atoms with Gasteiger partial charge >= 0.3 is 0 Å². The molecule has 5 unspecified atom stereocenters. The van der Waals surface area contributed by atoms with E-state index in [4.69, 9.17) is 9.47 Å². The molecule has 2 aromatic carbocycles. The lowest BCUT2D eigenvalue weighted by molar-refractivity contribution is -0.232. The number of methoxy groups -OCH3 is 1. The minimum absolute atomic E-state index is 0.0415. The van der Waals surface area contributed by atoms with Crippen LogP contribution in [-0.2, 0) is 17.6 Å². The van der Waals surface area contributed by atoms with Gasteiger partial charge in [0.15, 0.2) is 5.78 Å². The molecule has 2 aliphatic rings. The number of benzene rings is 2. The molecule has 1 aliphatic heterocycles. The largest absolute Gasteiger partial charge is 0.507 e. The van der Waals surface area contributed by atoms with Crippen LogP contribution in [-0.4, -0.2) is 69.4 Å². The van der Waals surface area contributed by atoms with Gasteiger partial charge in [-0.2, -0.15) is 0 Å². The maximum absolute atomic E-state index is 12.9. The minimum atomic E-state index is -1.58. The topological polar surface area (TPSA) is 137 Å². The Hall–Kier alpha value is -2.75. The summed E-state index contributed by atoms with van der Waals surface area (Å²) in [5.41, 5.74) is 3.64. The number of hydrogen-bond donors (Lipinski definition) is 5. The molecule has 2 aromatic rings. The fraction of sp³-hybridized carbons (Fsp3) is 0.400. The molecule has 0 bridgehead atoms. The predicted octanol–water partition coefficient (Wildman–Crippen LogP) is 1.30. The molecule has 5 N–H and O–H groups in total. The lowest BCUT2D eigenvalue weighted by Crippen LogP contribution is -2.55. The molecular weight excluding hydrogens is 428 g/mol. The summed E-state index contributed by atoms with van der Waals surface area (Å²) in [6.07, 6.45) is -0.722. The van der Waals surface area contributed by atoms with E-state index < -0.39 is 42.9 Å². The van der Waals surface area contributed by atoms with E-state index in [1.54, 1.807) is 6.08 Å². The molecule has 8 nitrogen and oxygen atoms in total. The Bertz CT molecular complexity index is 1060. The highest BCUT2D eigenvalue weighted by atomic mass is 16.5. The van der Waals surface area contributed by atoms with Crippen LogP contribution in [0.4, 0.5) is 0 Å². The highest BCUT2D eigenvalue weighted by Gasteiger charge is 2.45. The van der Waals surface area contributed by atoms with Crippen molar-refractivity contribution in [2.24, 2.45) is 0 Å². The Morgan fingerprint density at radius 3 is 2.58 bits per heavy atom. The maximum Gasteiger partial charge on any atom is 0.189 e. The fourth-order valence-electron chi connectivity index (χ4n) is 4.50. The number of aromatic hydroxyl groups is 1. The lowest BCUT2D eigenvalue weighted by Gasteiger charge is -2.40. The summed E-state index contributed by atoms with van der Waals surface area (Å²) in [6, 6.07) is 8.62. The van der Waals surface area contributed by atoms with Gasteiger partial charge in [-0.15, -0.1) is 0 Å². The van der Waals surface area contributed by atoms with Crippen LogP contribution in [0.5, 0.6) is 11.5 Å². The van der Waals surface area contributed by atoms with Gasteiger partial charge in [-0.05, 0) is 48.1 Å². The number of aliphatic hydroxyl groups excluding tert-OH is 4. The zero-order valence-electron chi connectivity index (χ0n) is 18.2. The van der Waals surface area contributed by atoms with Crippen LogP contribution in [0.1, 0.15) is 45.1 Å². The molecule has 0 spiro atoms. The zero-order chi connectivity index (χ0) is 23.7. The number of carbonyl (C=O) groups excluding carboxylic acids is 1. The third-order valence-corrected chi connectivity index (χ3v) is 6.36. The van der Waals surface area contributed by atoms with Crippen LogP contribution in [0.2, 0.25) is 0 Å². The standard InChI is InChI=1S/C25H28O8/c1-32-20-11-19(28)16(10-17(20)25-24(31)23(30)22(29)21(12-26)33-25)18(27)8-6-13-5-7-14-3-2-4-15(14)9-13/h5-11,21-26,28-31H,2-4,12H2,1H3/b8-6+. The van der Waals surface area contributed by atoms with E-state index in [2.05, 4.69) is 12.1 Å². The second-order valence-electron chi connectivity index (χ2n) is 8.44. The number of fused-ring (bicyclic) bond motifs is 1. The van der Waals surface area contributed by atoms with E-state index in [1.165, 1.54) is 36.4 Å². The number of ether oxygens (including phenoxy) is 2. The van der Waals surface area contributed by atoms with E-state index >= 15 is 0 Å². The monoisotopic (exact) mass is 456 g/mol. The molecule has 8 heteroatoms. The summed E-state index contributed by atoms with van der Waals surface area (Å²) >= 11 is 0. The first kappa shape index (κ1) is 23.4. The van der Waals surface area contributed by atoms with Crippen molar-refractivity contribution in [2.45, 2.75) is 49.8 Å². The smallest absolute Gasteiger partial charge is 0.189 e. The van der Waals surface area contributed by atoms with Gasteiger partial charge in [0, 0.05) is 11.6 Å². The van der Waals surface area contributed by atoms with Crippen molar-refractivity contribution in [3.8, 4) is 11.5 Å². The third kappa shape index (κ3) is 4.53. The van der Waals surface area contributed by atoms with E-state index in [0.717, 1.165) is 24.8 Å². The quantitative estimate of drug-likeness (QED) is 0.324. The van der Waals surface area contributed by atoms with Crippen molar-refractivity contribution in [1.82, 2.24) is 0 Å². The Kier molecular flexibility index (Phi) is 6.83. The number of aryl methyl sites for hydroxylation is 2. The van der Waals surface area contributed by atoms with Crippen LogP contribution < -0.4 is 4.74 Å². The number of ketones is 1. The molecule has 1 aliphatic carbocycles. The van der Waals surface area contributed by atoms with Crippen molar-refractivity contribution in [1.29, 1.82) is 0 Å². The predicted molar refractivity (Wildman–Crippen MR) is 119 cm³/mol. The first-order valence-corrected chi connectivity index (χ1v) is 10.9. The highest BCUT2D eigenvalue weighted by Crippen LogP contribution is 2.40. The van der Waals surface area contributed by atoms with Crippen molar-refractivity contribution >= 4 is 11.9 Å². The Morgan fingerprint density at radius 1 is 1.09 bits per heavy atom. The summed E-state index contributed by atoms with van der Waals surface area (Å²) in [4.78, 5) is 12.9. The minimum Gasteiger partial charge on any atom is -0.507 e. The fourth-order valence-corrected chi connectivity index (χ4v) is 4.50. The highest BCUT2D eigenvalue weighted by molar-refractivity contribution is 6.08. The average molecular weight is 456 g/mol. The molecule has 5 atom stereocenters. The molecule has 0 saturated carbocycles. The number of rotatable bonds is 6. The maximum atomic E-state index is 12.9. The summed E-state index contributed by atoms with van der Waals surface area (Å²) in [5, 5.41) is 50.6. The molecule has 1 heterocycles. The summed E-state index contributed by atoms with van der Waals surface area (Å²) in [5.74, 6) is -0.665. The molecule has 1 fully saturated rings. The van der Waals surface area contributed by atoms with Gasteiger partial charge in [0.05, 0.1) is 19.3 Å². The normalized spacial score (nSPS) is 27.0. The molecule has 0 amide bonds. The van der Waals surface area contributed by atoms with Gasteiger partial charge in [-0.3, -0.25) is 4.79 Å². The van der Waals surface area contributed by atoms with Crippen molar-refractivity contribution in [2.75, 3.05) is 13.7 Å². The molecule has 0 radical (unpaired) electrons. The lowest BCUT2D eigenvalue weighted by atomic mass is 9.89. The first-order chi connectivity index (χ1) is 15.8. The summed E-state index contributed by atoms with van der Waals surface area (Å²) in [6.45, 7) is -0.586. The molecule has 176 valence electrons. The van der Waals surface area contributed by atoms with E-state index in [1.807, 2.05) is 6.07 Å². The molecule has 33 heavy (non-hydrogen) atoms. The van der Waals surface area contributed by atoms with Gasteiger partial charge in [0.1, 0.15) is 42.0 Å². The van der Waals surface area contributed by atoms with Crippen LogP contribution in [0.15, 0.2) is 36.4 Å². The number of phenols is 1. The van der Waals surface area contributed by atoms with Crippen molar-refractivity contribution in [3.05, 3.63) is 64.2 Å². The number of carbonyl (C=O) groups is 1. The van der Waals surface area contributed by atoms with Gasteiger partial charge in [0.25, 0.3) is 0 Å². The molecule has 0 aromatic heterocycles. The molecule has 4 rings (SSSR count). The van der Waals surface area contributed by atoms with Gasteiger partial charge in [-0.1, -0.05) is 24.3 Å². The average Bonchev–Trinajstić information content (AvgIpc) is 3.29.